The predicted molar refractivity (Wildman–Crippen MR) is 84.4 cm³/mol. The Hall–Kier alpha value is -2.11. The lowest BCUT2D eigenvalue weighted by Crippen LogP contribution is -2.25. The van der Waals surface area contributed by atoms with E-state index in [2.05, 4.69) is 15.3 Å². The van der Waals surface area contributed by atoms with Gasteiger partial charge in [0.25, 0.3) is 5.56 Å². The van der Waals surface area contributed by atoms with Crippen LogP contribution in [-0.4, -0.2) is 20.6 Å². The average Bonchev–Trinajstić information content (AvgIpc) is 2.48. The highest BCUT2D eigenvalue weighted by molar-refractivity contribution is 5.87. The van der Waals surface area contributed by atoms with Crippen molar-refractivity contribution in [2.45, 2.75) is 51.6 Å². The molecule has 0 atom stereocenters. The molecule has 6 heteroatoms. The van der Waals surface area contributed by atoms with Crippen LogP contribution in [0, 0.1) is 0 Å². The SMILES string of the molecule is CCn1c(=O)cc(N)c2cnc(NC3CCCCC3)nc21. The summed E-state index contributed by atoms with van der Waals surface area (Å²) < 4.78 is 1.62. The summed E-state index contributed by atoms with van der Waals surface area (Å²) in [6.07, 6.45) is 7.81. The van der Waals surface area contributed by atoms with E-state index in [1.807, 2.05) is 6.92 Å². The monoisotopic (exact) mass is 287 g/mol. The van der Waals surface area contributed by atoms with Crippen LogP contribution < -0.4 is 16.6 Å². The van der Waals surface area contributed by atoms with Crippen LogP contribution in [0.2, 0.25) is 0 Å². The van der Waals surface area contributed by atoms with E-state index >= 15 is 0 Å². The van der Waals surface area contributed by atoms with Crippen molar-refractivity contribution in [2.24, 2.45) is 0 Å². The van der Waals surface area contributed by atoms with E-state index in [0.29, 0.717) is 29.9 Å². The third kappa shape index (κ3) is 2.70. The largest absolute Gasteiger partial charge is 0.398 e. The number of nitrogens with one attached hydrogen (secondary N) is 1. The molecule has 6 nitrogen and oxygen atoms in total. The molecule has 2 aromatic heterocycles. The minimum absolute atomic E-state index is 0.121. The minimum Gasteiger partial charge on any atom is -0.398 e. The highest BCUT2D eigenvalue weighted by atomic mass is 16.1. The highest BCUT2D eigenvalue weighted by Gasteiger charge is 2.15. The van der Waals surface area contributed by atoms with E-state index in [4.69, 9.17) is 5.73 Å². The van der Waals surface area contributed by atoms with Crippen LogP contribution >= 0.6 is 0 Å². The summed E-state index contributed by atoms with van der Waals surface area (Å²) in [6.45, 7) is 2.49. The molecule has 2 aromatic rings. The van der Waals surface area contributed by atoms with Crippen molar-refractivity contribution in [2.75, 3.05) is 11.1 Å². The molecule has 0 aliphatic heterocycles. The molecular weight excluding hydrogens is 266 g/mol. The van der Waals surface area contributed by atoms with Crippen molar-refractivity contribution >= 4 is 22.7 Å². The molecule has 112 valence electrons. The molecule has 2 heterocycles. The number of rotatable bonds is 3. The molecule has 0 saturated heterocycles. The number of hydrogen-bond acceptors (Lipinski definition) is 5. The first-order chi connectivity index (χ1) is 10.2. The van der Waals surface area contributed by atoms with E-state index in [9.17, 15) is 4.79 Å². The maximum absolute atomic E-state index is 12.0. The number of hydrogen-bond donors (Lipinski definition) is 2. The Bertz CT molecular complexity index is 703. The van der Waals surface area contributed by atoms with Gasteiger partial charge in [0.2, 0.25) is 5.95 Å². The first-order valence-corrected chi connectivity index (χ1v) is 7.61. The predicted octanol–water partition coefficient (Wildman–Crippen LogP) is 2.14. The quantitative estimate of drug-likeness (QED) is 0.903. The first kappa shape index (κ1) is 13.9. The van der Waals surface area contributed by atoms with Crippen LogP contribution in [-0.2, 0) is 6.54 Å². The Balaban J connectivity index is 2.00. The lowest BCUT2D eigenvalue weighted by atomic mass is 9.96. The van der Waals surface area contributed by atoms with Gasteiger partial charge in [-0.25, -0.2) is 4.98 Å². The van der Waals surface area contributed by atoms with Crippen LogP contribution in [0.25, 0.3) is 11.0 Å². The summed E-state index contributed by atoms with van der Waals surface area (Å²) in [4.78, 5) is 20.9. The average molecular weight is 287 g/mol. The number of nitrogens with zero attached hydrogens (tertiary/aromatic N) is 3. The summed E-state index contributed by atoms with van der Waals surface area (Å²) in [5, 5.41) is 4.11. The van der Waals surface area contributed by atoms with Crippen LogP contribution in [0.4, 0.5) is 11.6 Å². The Morgan fingerprint density at radius 1 is 1.38 bits per heavy atom. The number of pyridine rings is 1. The van der Waals surface area contributed by atoms with Crippen molar-refractivity contribution in [3.63, 3.8) is 0 Å². The molecule has 0 aromatic carbocycles. The molecule has 0 unspecified atom stereocenters. The van der Waals surface area contributed by atoms with Crippen LogP contribution in [0.3, 0.4) is 0 Å². The van der Waals surface area contributed by atoms with Gasteiger partial charge < -0.3 is 11.1 Å². The minimum atomic E-state index is -0.121. The molecular formula is C15H21N5O. The fourth-order valence-corrected chi connectivity index (χ4v) is 2.98. The van der Waals surface area contributed by atoms with Crippen molar-refractivity contribution in [3.05, 3.63) is 22.6 Å². The number of nitrogen functional groups attached to an aromatic ring is 1. The third-order valence-electron chi connectivity index (χ3n) is 4.13. The van der Waals surface area contributed by atoms with Crippen molar-refractivity contribution < 1.29 is 0 Å². The van der Waals surface area contributed by atoms with Crippen molar-refractivity contribution in [1.82, 2.24) is 14.5 Å². The second-order valence-corrected chi connectivity index (χ2v) is 5.59. The fourth-order valence-electron chi connectivity index (χ4n) is 2.98. The third-order valence-corrected chi connectivity index (χ3v) is 4.13. The van der Waals surface area contributed by atoms with E-state index in [1.165, 1.54) is 25.3 Å². The lowest BCUT2D eigenvalue weighted by molar-refractivity contribution is 0.461. The summed E-state index contributed by atoms with van der Waals surface area (Å²) in [6, 6.07) is 1.86. The van der Waals surface area contributed by atoms with E-state index in [-0.39, 0.29) is 5.56 Å². The number of aromatic nitrogens is 3. The second kappa shape index (κ2) is 5.71. The van der Waals surface area contributed by atoms with E-state index < -0.39 is 0 Å². The summed E-state index contributed by atoms with van der Waals surface area (Å²) in [5.74, 6) is 0.585. The molecule has 0 spiro atoms. The van der Waals surface area contributed by atoms with Crippen LogP contribution in [0.5, 0.6) is 0 Å². The molecule has 0 radical (unpaired) electrons. The Morgan fingerprint density at radius 3 is 2.86 bits per heavy atom. The standard InChI is InChI=1S/C15H21N5O/c1-2-20-13(21)8-12(16)11-9-17-15(19-14(11)20)18-10-6-4-3-5-7-10/h8-10H,2-7,16H2,1H3,(H,17,18,19). The van der Waals surface area contributed by atoms with Gasteiger partial charge in [0.1, 0.15) is 5.65 Å². The number of aryl methyl sites for hydroxylation is 1. The van der Waals surface area contributed by atoms with Gasteiger partial charge in [-0.1, -0.05) is 19.3 Å². The molecule has 1 aliphatic rings. The van der Waals surface area contributed by atoms with Crippen LogP contribution in [0.1, 0.15) is 39.0 Å². The topological polar surface area (TPSA) is 85.8 Å². The van der Waals surface area contributed by atoms with Gasteiger partial charge in [-0.15, -0.1) is 0 Å². The van der Waals surface area contributed by atoms with E-state index in [0.717, 1.165) is 18.2 Å². The zero-order chi connectivity index (χ0) is 14.8. The summed E-state index contributed by atoms with van der Waals surface area (Å²) in [5.41, 5.74) is 6.82. The van der Waals surface area contributed by atoms with Crippen molar-refractivity contribution in [3.8, 4) is 0 Å². The van der Waals surface area contributed by atoms with Gasteiger partial charge in [0, 0.05) is 30.5 Å². The Labute approximate surface area is 123 Å². The smallest absolute Gasteiger partial charge is 0.254 e. The maximum Gasteiger partial charge on any atom is 0.254 e. The first-order valence-electron chi connectivity index (χ1n) is 7.61. The Kier molecular flexibility index (Phi) is 3.77. The lowest BCUT2D eigenvalue weighted by Gasteiger charge is -2.22. The molecule has 0 amide bonds. The van der Waals surface area contributed by atoms with Crippen molar-refractivity contribution in [1.29, 1.82) is 0 Å². The van der Waals surface area contributed by atoms with Crippen LogP contribution in [0.15, 0.2) is 17.1 Å². The van der Waals surface area contributed by atoms with Gasteiger partial charge in [-0.2, -0.15) is 4.98 Å². The zero-order valence-electron chi connectivity index (χ0n) is 12.3. The van der Waals surface area contributed by atoms with Gasteiger partial charge in [0.05, 0.1) is 5.39 Å². The highest BCUT2D eigenvalue weighted by Crippen LogP contribution is 2.22. The molecule has 1 fully saturated rings. The molecule has 3 rings (SSSR count). The summed E-state index contributed by atoms with van der Waals surface area (Å²) in [7, 11) is 0. The van der Waals surface area contributed by atoms with E-state index in [1.54, 1.807) is 10.8 Å². The van der Waals surface area contributed by atoms with Gasteiger partial charge in [-0.05, 0) is 19.8 Å². The molecule has 0 bridgehead atoms. The summed E-state index contributed by atoms with van der Waals surface area (Å²) >= 11 is 0. The molecule has 1 saturated carbocycles. The molecule has 3 N–H and O–H groups in total. The fraction of sp³-hybridized carbons (Fsp3) is 0.533. The van der Waals surface area contributed by atoms with Gasteiger partial charge in [0.15, 0.2) is 0 Å². The maximum atomic E-state index is 12.0. The van der Waals surface area contributed by atoms with Gasteiger partial charge in [-0.3, -0.25) is 9.36 Å². The Morgan fingerprint density at radius 2 is 2.14 bits per heavy atom. The molecule has 1 aliphatic carbocycles. The normalized spacial score (nSPS) is 16.2. The zero-order valence-corrected chi connectivity index (χ0v) is 12.3. The number of fused-ring (bicyclic) bond motifs is 1. The number of nitrogens with two attached hydrogens (primary N) is 1. The molecule has 21 heavy (non-hydrogen) atoms. The van der Waals surface area contributed by atoms with Gasteiger partial charge >= 0.3 is 0 Å². The second-order valence-electron chi connectivity index (χ2n) is 5.59. The number of anilines is 2.